The van der Waals surface area contributed by atoms with Crippen molar-refractivity contribution in [3.05, 3.63) is 0 Å². The van der Waals surface area contributed by atoms with Gasteiger partial charge < -0.3 is 9.80 Å². The molecule has 0 bridgehead atoms. The summed E-state index contributed by atoms with van der Waals surface area (Å²) in [5, 5.41) is 0. The second kappa shape index (κ2) is 6.21. The van der Waals surface area contributed by atoms with Gasteiger partial charge in [0.25, 0.3) is 0 Å². The first-order valence-corrected chi connectivity index (χ1v) is 8.92. The second-order valence-corrected chi connectivity index (χ2v) is 8.72. The Labute approximate surface area is 115 Å². The number of piperazine rings is 2. The Morgan fingerprint density at radius 3 is 1.44 bits per heavy atom. The van der Waals surface area contributed by atoms with Crippen LogP contribution < -0.4 is 0 Å². The fourth-order valence-corrected chi connectivity index (χ4v) is 5.72. The predicted molar refractivity (Wildman–Crippen MR) is 76.5 cm³/mol. The lowest BCUT2D eigenvalue weighted by molar-refractivity contribution is 0.184. The van der Waals surface area contributed by atoms with E-state index in [-0.39, 0.29) is 5.62 Å². The number of halogens is 1. The fraction of sp³-hybridized carbons (Fsp3) is 1.00. The standard InChI is InChI=1S/C11H24ClN4OP/c1-13-3-7-15(8-4-13)18(17,11-12)16-9-5-14(2)6-10-16/h3-11H2,1-2H3. The maximum atomic E-state index is 13.2. The molecule has 2 heterocycles. The number of nitrogens with zero attached hydrogens (tertiary/aromatic N) is 4. The number of alkyl halides is 1. The van der Waals surface area contributed by atoms with E-state index in [1.54, 1.807) is 0 Å². The summed E-state index contributed by atoms with van der Waals surface area (Å²) in [7, 11) is 1.69. The Bertz CT molecular complexity index is 288. The van der Waals surface area contributed by atoms with Gasteiger partial charge in [0.2, 0.25) is 7.44 Å². The number of hydrogen-bond donors (Lipinski definition) is 0. The third-order valence-corrected chi connectivity index (χ3v) is 7.81. The molecule has 0 amide bonds. The van der Waals surface area contributed by atoms with Gasteiger partial charge in [0.05, 0.1) is 0 Å². The molecule has 0 radical (unpaired) electrons. The van der Waals surface area contributed by atoms with Crippen LogP contribution in [0.15, 0.2) is 0 Å². The van der Waals surface area contributed by atoms with Crippen LogP contribution in [0, 0.1) is 0 Å². The lowest BCUT2D eigenvalue weighted by Crippen LogP contribution is -2.49. The molecule has 0 saturated carbocycles. The van der Waals surface area contributed by atoms with Crippen molar-refractivity contribution in [3.63, 3.8) is 0 Å². The Morgan fingerprint density at radius 1 is 0.833 bits per heavy atom. The van der Waals surface area contributed by atoms with Crippen LogP contribution in [-0.4, -0.2) is 91.2 Å². The van der Waals surface area contributed by atoms with Crippen LogP contribution in [0.1, 0.15) is 0 Å². The Morgan fingerprint density at radius 2 is 1.17 bits per heavy atom. The summed E-state index contributed by atoms with van der Waals surface area (Å²) in [6.07, 6.45) is 0. The van der Waals surface area contributed by atoms with Gasteiger partial charge in [0.1, 0.15) is 5.62 Å². The van der Waals surface area contributed by atoms with Crippen LogP contribution in [0.2, 0.25) is 0 Å². The molecule has 2 rings (SSSR count). The van der Waals surface area contributed by atoms with Crippen molar-refractivity contribution in [1.29, 1.82) is 0 Å². The first kappa shape index (κ1) is 14.8. The van der Waals surface area contributed by atoms with Gasteiger partial charge in [0.15, 0.2) is 0 Å². The molecule has 18 heavy (non-hydrogen) atoms. The first-order chi connectivity index (χ1) is 8.56. The Balaban J connectivity index is 2.03. The molecule has 7 heteroatoms. The minimum Gasteiger partial charge on any atom is -0.304 e. The van der Waals surface area contributed by atoms with Gasteiger partial charge in [-0.25, -0.2) is 9.34 Å². The molecule has 0 atom stereocenters. The van der Waals surface area contributed by atoms with E-state index in [1.165, 1.54) is 0 Å². The third kappa shape index (κ3) is 3.09. The molecule has 0 aromatic carbocycles. The maximum absolute atomic E-state index is 13.2. The quantitative estimate of drug-likeness (QED) is 0.569. The molecule has 2 aliphatic heterocycles. The van der Waals surface area contributed by atoms with Gasteiger partial charge in [-0.1, -0.05) is 0 Å². The van der Waals surface area contributed by atoms with E-state index in [0.717, 1.165) is 52.4 Å². The van der Waals surface area contributed by atoms with Crippen molar-refractivity contribution in [3.8, 4) is 0 Å². The molecule has 106 valence electrons. The molecular weight excluding hydrogens is 271 g/mol. The molecule has 0 aromatic heterocycles. The van der Waals surface area contributed by atoms with E-state index in [0.29, 0.717) is 0 Å². The number of hydrogen-bond acceptors (Lipinski definition) is 3. The van der Waals surface area contributed by atoms with Crippen molar-refractivity contribution in [2.24, 2.45) is 0 Å². The molecular formula is C11H24ClN4OP. The zero-order valence-corrected chi connectivity index (χ0v) is 13.0. The zero-order chi connectivity index (χ0) is 13.2. The lowest BCUT2D eigenvalue weighted by Gasteiger charge is -2.44. The van der Waals surface area contributed by atoms with Crippen LogP contribution >= 0.6 is 19.0 Å². The van der Waals surface area contributed by atoms with E-state index in [4.69, 9.17) is 11.6 Å². The van der Waals surface area contributed by atoms with Crippen molar-refractivity contribution in [2.45, 2.75) is 0 Å². The van der Waals surface area contributed by atoms with E-state index in [2.05, 4.69) is 33.2 Å². The molecule has 0 unspecified atom stereocenters. The van der Waals surface area contributed by atoms with Crippen molar-refractivity contribution < 1.29 is 4.57 Å². The van der Waals surface area contributed by atoms with Crippen LogP contribution in [-0.2, 0) is 4.57 Å². The molecule has 2 fully saturated rings. The first-order valence-electron chi connectivity index (χ1n) is 6.59. The maximum Gasteiger partial charge on any atom is 0.231 e. The van der Waals surface area contributed by atoms with Crippen molar-refractivity contribution in [1.82, 2.24) is 19.1 Å². The van der Waals surface area contributed by atoms with Crippen LogP contribution in [0.25, 0.3) is 0 Å². The molecule has 0 N–H and O–H groups in total. The van der Waals surface area contributed by atoms with Crippen molar-refractivity contribution >= 4 is 19.0 Å². The molecule has 5 nitrogen and oxygen atoms in total. The summed E-state index contributed by atoms with van der Waals surface area (Å²) in [5.74, 6) is 0. The molecule has 0 aliphatic carbocycles. The van der Waals surface area contributed by atoms with E-state index >= 15 is 0 Å². The topological polar surface area (TPSA) is 30.0 Å². The summed E-state index contributed by atoms with van der Waals surface area (Å²) in [4.78, 5) is 4.55. The SMILES string of the molecule is CN1CCN(P(=O)(CCl)N2CCN(C)CC2)CC1. The number of rotatable bonds is 3. The largest absolute Gasteiger partial charge is 0.304 e. The summed E-state index contributed by atoms with van der Waals surface area (Å²) < 4.78 is 17.4. The molecule has 0 spiro atoms. The number of likely N-dealkylation sites (N-methyl/N-ethyl adjacent to an activating group) is 2. The van der Waals surface area contributed by atoms with Crippen LogP contribution in [0.5, 0.6) is 0 Å². The minimum atomic E-state index is -2.53. The fourth-order valence-electron chi connectivity index (χ4n) is 2.55. The van der Waals surface area contributed by atoms with Gasteiger partial charge in [-0.05, 0) is 14.1 Å². The predicted octanol–water partition coefficient (Wildman–Crippen LogP) is 0.871. The highest BCUT2D eigenvalue weighted by Gasteiger charge is 2.38. The van der Waals surface area contributed by atoms with Gasteiger partial charge in [-0.15, -0.1) is 11.6 Å². The summed E-state index contributed by atoms with van der Waals surface area (Å²) >= 11 is 6.07. The van der Waals surface area contributed by atoms with Gasteiger partial charge in [-0.2, -0.15) is 0 Å². The van der Waals surface area contributed by atoms with Gasteiger partial charge in [0, 0.05) is 52.4 Å². The minimum absolute atomic E-state index is 0.250. The van der Waals surface area contributed by atoms with Crippen LogP contribution in [0.3, 0.4) is 0 Å². The van der Waals surface area contributed by atoms with E-state index in [1.807, 2.05) is 0 Å². The smallest absolute Gasteiger partial charge is 0.231 e. The molecule has 0 aromatic rings. The summed E-state index contributed by atoms with van der Waals surface area (Å²) in [6.45, 7) is 7.39. The average Bonchev–Trinajstić information content (AvgIpc) is 2.39. The van der Waals surface area contributed by atoms with E-state index in [9.17, 15) is 4.57 Å². The van der Waals surface area contributed by atoms with Gasteiger partial charge in [-0.3, -0.25) is 4.57 Å². The van der Waals surface area contributed by atoms with Crippen molar-refractivity contribution in [2.75, 3.05) is 72.1 Å². The van der Waals surface area contributed by atoms with Crippen LogP contribution in [0.4, 0.5) is 0 Å². The Hall–Kier alpha value is 0.360. The average molecular weight is 295 g/mol. The zero-order valence-electron chi connectivity index (χ0n) is 11.4. The monoisotopic (exact) mass is 294 g/mol. The lowest BCUT2D eigenvalue weighted by atomic mass is 10.4. The van der Waals surface area contributed by atoms with E-state index < -0.39 is 7.44 Å². The highest BCUT2D eigenvalue weighted by molar-refractivity contribution is 7.60. The molecule has 2 aliphatic rings. The normalized spacial score (nSPS) is 26.6. The molecule has 2 saturated heterocycles. The Kier molecular flexibility index (Phi) is 5.09. The summed E-state index contributed by atoms with van der Waals surface area (Å²) in [5.41, 5.74) is 0.250. The second-order valence-electron chi connectivity index (χ2n) is 5.30. The van der Waals surface area contributed by atoms with Gasteiger partial charge >= 0.3 is 0 Å². The highest BCUT2D eigenvalue weighted by atomic mass is 35.5. The third-order valence-electron chi connectivity index (χ3n) is 4.00. The highest BCUT2D eigenvalue weighted by Crippen LogP contribution is 2.54. The summed E-state index contributed by atoms with van der Waals surface area (Å²) in [6, 6.07) is 0.